The van der Waals surface area contributed by atoms with E-state index in [2.05, 4.69) is 4.90 Å². The van der Waals surface area contributed by atoms with E-state index in [1.54, 1.807) is 0 Å². The van der Waals surface area contributed by atoms with Gasteiger partial charge in [0, 0.05) is 12.6 Å². The van der Waals surface area contributed by atoms with E-state index in [4.69, 9.17) is 22.1 Å². The van der Waals surface area contributed by atoms with E-state index in [9.17, 15) is 0 Å². The molecule has 0 radical (unpaired) electrons. The van der Waals surface area contributed by atoms with Gasteiger partial charge in [-0.1, -0.05) is 17.7 Å². The third kappa shape index (κ3) is 3.61. The van der Waals surface area contributed by atoms with Crippen LogP contribution in [0.25, 0.3) is 0 Å². The van der Waals surface area contributed by atoms with E-state index in [0.717, 1.165) is 17.9 Å². The van der Waals surface area contributed by atoms with Gasteiger partial charge in [0.2, 0.25) is 0 Å². The number of rotatable bonds is 5. The first-order valence-electron chi connectivity index (χ1n) is 6.57. The molecule has 1 atom stereocenters. The van der Waals surface area contributed by atoms with Crippen molar-refractivity contribution in [3.63, 3.8) is 0 Å². The number of benzene rings is 1. The van der Waals surface area contributed by atoms with Gasteiger partial charge in [0.1, 0.15) is 12.4 Å². The van der Waals surface area contributed by atoms with Crippen LogP contribution in [0.1, 0.15) is 31.4 Å². The fourth-order valence-corrected chi connectivity index (χ4v) is 2.45. The number of hydrogen-bond donors (Lipinski definition) is 1. The minimum Gasteiger partial charge on any atom is -0.491 e. The fraction of sp³-hybridized carbons (Fsp3) is 0.571. The van der Waals surface area contributed by atoms with Crippen molar-refractivity contribution in [1.29, 1.82) is 0 Å². The summed E-state index contributed by atoms with van der Waals surface area (Å²) in [5, 5.41) is 0.645. The van der Waals surface area contributed by atoms with Crippen LogP contribution < -0.4 is 10.5 Å². The molecule has 0 bridgehead atoms. The number of nitrogens with two attached hydrogens (primary N) is 1. The first-order valence-corrected chi connectivity index (χ1v) is 6.95. The normalized spacial score (nSPS) is 17.9. The average molecular weight is 269 g/mol. The zero-order valence-corrected chi connectivity index (χ0v) is 11.6. The summed E-state index contributed by atoms with van der Waals surface area (Å²) < 4.78 is 5.72. The lowest BCUT2D eigenvalue weighted by Crippen LogP contribution is -2.25. The molecule has 1 aliphatic rings. The average Bonchev–Trinajstić information content (AvgIpc) is 2.84. The fourth-order valence-electron chi connectivity index (χ4n) is 2.21. The summed E-state index contributed by atoms with van der Waals surface area (Å²) in [6.07, 6.45) is 2.62. The molecule has 1 aromatic rings. The molecule has 1 aromatic carbocycles. The Kier molecular flexibility index (Phi) is 4.87. The Labute approximate surface area is 114 Å². The third-order valence-corrected chi connectivity index (χ3v) is 3.64. The van der Waals surface area contributed by atoms with E-state index in [1.807, 2.05) is 25.1 Å². The van der Waals surface area contributed by atoms with Gasteiger partial charge in [-0.05, 0) is 50.6 Å². The summed E-state index contributed by atoms with van der Waals surface area (Å²) in [7, 11) is 0. The topological polar surface area (TPSA) is 38.5 Å². The first-order chi connectivity index (χ1) is 8.66. The molecule has 3 nitrogen and oxygen atoms in total. The van der Waals surface area contributed by atoms with Gasteiger partial charge in [-0.3, -0.25) is 4.90 Å². The molecule has 0 aliphatic carbocycles. The second-order valence-electron chi connectivity index (χ2n) is 4.88. The van der Waals surface area contributed by atoms with Crippen molar-refractivity contribution in [2.24, 2.45) is 5.73 Å². The van der Waals surface area contributed by atoms with Crippen molar-refractivity contribution in [1.82, 2.24) is 4.90 Å². The number of halogens is 1. The summed E-state index contributed by atoms with van der Waals surface area (Å²) in [4.78, 5) is 2.42. The quantitative estimate of drug-likeness (QED) is 0.892. The summed E-state index contributed by atoms with van der Waals surface area (Å²) in [5.74, 6) is 0.750. The summed E-state index contributed by atoms with van der Waals surface area (Å²) in [5.41, 5.74) is 6.84. The molecule has 1 saturated heterocycles. The Morgan fingerprint density at radius 3 is 2.72 bits per heavy atom. The molecule has 1 heterocycles. The van der Waals surface area contributed by atoms with Gasteiger partial charge < -0.3 is 10.5 Å². The second kappa shape index (κ2) is 6.41. The maximum atomic E-state index is 6.17. The molecule has 2 N–H and O–H groups in total. The smallest absolute Gasteiger partial charge is 0.137 e. The molecular formula is C14H21ClN2O. The molecule has 1 fully saturated rings. The van der Waals surface area contributed by atoms with Crippen molar-refractivity contribution in [2.75, 3.05) is 26.2 Å². The summed E-state index contributed by atoms with van der Waals surface area (Å²) in [6, 6.07) is 5.77. The minimum atomic E-state index is 0.00106. The Bertz CT molecular complexity index is 389. The highest BCUT2D eigenvalue weighted by Gasteiger charge is 2.11. The maximum Gasteiger partial charge on any atom is 0.137 e. The van der Waals surface area contributed by atoms with Crippen LogP contribution in [0, 0.1) is 0 Å². The van der Waals surface area contributed by atoms with Gasteiger partial charge in [0.25, 0.3) is 0 Å². The number of likely N-dealkylation sites (tertiary alicyclic amines) is 1. The monoisotopic (exact) mass is 268 g/mol. The van der Waals surface area contributed by atoms with Crippen LogP contribution in [0.5, 0.6) is 5.75 Å². The maximum absolute atomic E-state index is 6.17. The predicted molar refractivity (Wildman–Crippen MR) is 75.2 cm³/mol. The number of hydrogen-bond acceptors (Lipinski definition) is 3. The molecule has 4 heteroatoms. The Hall–Kier alpha value is -0.770. The Balaban J connectivity index is 1.85. The van der Waals surface area contributed by atoms with Crippen molar-refractivity contribution >= 4 is 11.6 Å². The number of ether oxygens (including phenoxy) is 1. The third-order valence-electron chi connectivity index (χ3n) is 3.35. The molecule has 0 amide bonds. The van der Waals surface area contributed by atoms with Crippen LogP contribution in [0.15, 0.2) is 18.2 Å². The van der Waals surface area contributed by atoms with E-state index >= 15 is 0 Å². The predicted octanol–water partition coefficient (Wildman–Crippen LogP) is 2.83. The van der Waals surface area contributed by atoms with Gasteiger partial charge in [0.15, 0.2) is 0 Å². The molecule has 2 rings (SSSR count). The van der Waals surface area contributed by atoms with Crippen LogP contribution in [-0.2, 0) is 0 Å². The molecule has 0 aromatic heterocycles. The van der Waals surface area contributed by atoms with Gasteiger partial charge in [-0.15, -0.1) is 0 Å². The molecule has 0 saturated carbocycles. The summed E-state index contributed by atoms with van der Waals surface area (Å²) in [6.45, 7) is 6.00. The van der Waals surface area contributed by atoms with Crippen molar-refractivity contribution in [3.05, 3.63) is 28.8 Å². The van der Waals surface area contributed by atoms with E-state index in [-0.39, 0.29) is 6.04 Å². The van der Waals surface area contributed by atoms with E-state index in [0.29, 0.717) is 11.6 Å². The molecule has 100 valence electrons. The first kappa shape index (κ1) is 13.7. The lowest BCUT2D eigenvalue weighted by molar-refractivity contribution is 0.238. The van der Waals surface area contributed by atoms with Crippen molar-refractivity contribution in [2.45, 2.75) is 25.8 Å². The molecule has 1 aliphatic heterocycles. The highest BCUT2D eigenvalue weighted by atomic mass is 35.5. The molecule has 18 heavy (non-hydrogen) atoms. The molecule has 0 spiro atoms. The van der Waals surface area contributed by atoms with Gasteiger partial charge in [-0.25, -0.2) is 0 Å². The van der Waals surface area contributed by atoms with Crippen LogP contribution in [0.4, 0.5) is 0 Å². The van der Waals surface area contributed by atoms with Crippen LogP contribution in [0.2, 0.25) is 5.02 Å². The summed E-state index contributed by atoms with van der Waals surface area (Å²) >= 11 is 6.17. The van der Waals surface area contributed by atoms with Gasteiger partial charge in [0.05, 0.1) is 5.02 Å². The Morgan fingerprint density at radius 2 is 2.11 bits per heavy atom. The van der Waals surface area contributed by atoms with Crippen molar-refractivity contribution < 1.29 is 4.74 Å². The van der Waals surface area contributed by atoms with Gasteiger partial charge >= 0.3 is 0 Å². The van der Waals surface area contributed by atoms with Crippen LogP contribution in [0.3, 0.4) is 0 Å². The Morgan fingerprint density at radius 1 is 1.39 bits per heavy atom. The SMILES string of the molecule is CC(N)c1ccc(OCCN2CCCC2)c(Cl)c1. The molecular weight excluding hydrogens is 248 g/mol. The van der Waals surface area contributed by atoms with Crippen molar-refractivity contribution in [3.8, 4) is 5.75 Å². The van der Waals surface area contributed by atoms with E-state index < -0.39 is 0 Å². The molecule has 1 unspecified atom stereocenters. The second-order valence-corrected chi connectivity index (χ2v) is 5.28. The lowest BCUT2D eigenvalue weighted by Gasteiger charge is -2.16. The highest BCUT2D eigenvalue weighted by Crippen LogP contribution is 2.27. The lowest BCUT2D eigenvalue weighted by atomic mass is 10.1. The zero-order valence-electron chi connectivity index (χ0n) is 10.9. The minimum absolute atomic E-state index is 0.00106. The van der Waals surface area contributed by atoms with Crippen LogP contribution in [-0.4, -0.2) is 31.1 Å². The largest absolute Gasteiger partial charge is 0.491 e. The van der Waals surface area contributed by atoms with E-state index in [1.165, 1.54) is 25.9 Å². The van der Waals surface area contributed by atoms with Crippen LogP contribution >= 0.6 is 11.6 Å². The standard InChI is InChI=1S/C14H21ClN2O/c1-11(16)12-4-5-14(13(15)10-12)18-9-8-17-6-2-3-7-17/h4-5,10-11H,2-3,6-9,16H2,1H3. The van der Waals surface area contributed by atoms with Gasteiger partial charge in [-0.2, -0.15) is 0 Å². The zero-order chi connectivity index (χ0) is 13.0. The number of nitrogens with zero attached hydrogens (tertiary/aromatic N) is 1. The highest BCUT2D eigenvalue weighted by molar-refractivity contribution is 6.32.